The quantitative estimate of drug-likeness (QED) is 0.306. The molecule has 3 aromatic rings. The smallest absolute Gasteiger partial charge is 0.306 e. The number of hydrogen-bond donors (Lipinski definition) is 2. The molecule has 0 saturated heterocycles. The molecule has 7 nitrogen and oxygen atoms in total. The molecule has 0 aliphatic rings. The maximum Gasteiger partial charge on any atom is 0.306 e. The molecule has 2 N–H and O–H groups in total. The average Bonchev–Trinajstić information content (AvgIpc) is 2.83. The predicted molar refractivity (Wildman–Crippen MR) is 136 cm³/mol. The van der Waals surface area contributed by atoms with Crippen LogP contribution in [0.25, 0.3) is 0 Å². The van der Waals surface area contributed by atoms with Crippen LogP contribution in [-0.4, -0.2) is 24.4 Å². The molecule has 35 heavy (non-hydrogen) atoms. The number of ether oxygens (including phenoxy) is 2. The van der Waals surface area contributed by atoms with E-state index in [0.29, 0.717) is 32.9 Å². The van der Waals surface area contributed by atoms with Gasteiger partial charge in [0.25, 0.3) is 5.91 Å². The Morgan fingerprint density at radius 3 is 2.14 bits per heavy atom. The fourth-order valence-electron chi connectivity index (χ4n) is 3.01. The molecule has 0 fully saturated rings. The fourth-order valence-corrected chi connectivity index (χ4v) is 3.31. The lowest BCUT2D eigenvalue weighted by Crippen LogP contribution is -2.21. The lowest BCUT2D eigenvalue weighted by Gasteiger charge is -2.10. The molecule has 2 amide bonds. The molecule has 3 aromatic carbocycles. The van der Waals surface area contributed by atoms with E-state index < -0.39 is 18.5 Å². The van der Waals surface area contributed by atoms with Gasteiger partial charge in [0.15, 0.2) is 6.61 Å². The third kappa shape index (κ3) is 8.63. The van der Waals surface area contributed by atoms with Crippen LogP contribution < -0.4 is 15.4 Å². The Labute approximate surface area is 213 Å². The molecule has 0 aliphatic heterocycles. The number of benzene rings is 3. The topological polar surface area (TPSA) is 93.7 Å². The van der Waals surface area contributed by atoms with Crippen LogP contribution >= 0.6 is 23.2 Å². The van der Waals surface area contributed by atoms with Crippen molar-refractivity contribution >= 4 is 52.4 Å². The molecule has 0 spiro atoms. The van der Waals surface area contributed by atoms with Gasteiger partial charge in [-0.2, -0.15) is 0 Å². The van der Waals surface area contributed by atoms with Crippen molar-refractivity contribution in [1.82, 2.24) is 0 Å². The molecule has 0 saturated carbocycles. The van der Waals surface area contributed by atoms with Gasteiger partial charge in [0, 0.05) is 34.3 Å². The van der Waals surface area contributed by atoms with Gasteiger partial charge in [-0.05, 0) is 79.6 Å². The Bertz CT molecular complexity index is 1180. The third-order valence-electron chi connectivity index (χ3n) is 4.88. The zero-order valence-electron chi connectivity index (χ0n) is 19.0. The van der Waals surface area contributed by atoms with Gasteiger partial charge >= 0.3 is 5.97 Å². The van der Waals surface area contributed by atoms with E-state index in [2.05, 4.69) is 10.6 Å². The summed E-state index contributed by atoms with van der Waals surface area (Å²) in [7, 11) is 0. The second kappa shape index (κ2) is 12.8. The lowest BCUT2D eigenvalue weighted by molar-refractivity contribution is -0.147. The normalized spacial score (nSPS) is 10.4. The summed E-state index contributed by atoms with van der Waals surface area (Å²) in [5.41, 5.74) is 1.89. The van der Waals surface area contributed by atoms with Gasteiger partial charge in [-0.25, -0.2) is 0 Å². The van der Waals surface area contributed by atoms with Gasteiger partial charge < -0.3 is 20.1 Å². The van der Waals surface area contributed by atoms with E-state index in [1.54, 1.807) is 73.7 Å². The van der Waals surface area contributed by atoms with E-state index in [9.17, 15) is 14.4 Å². The van der Waals surface area contributed by atoms with Gasteiger partial charge in [0.2, 0.25) is 5.91 Å². The molecule has 0 aromatic heterocycles. The molecule has 0 unspecified atom stereocenters. The summed E-state index contributed by atoms with van der Waals surface area (Å²) in [5.74, 6) is 0.000478. The first-order valence-electron chi connectivity index (χ1n) is 10.8. The van der Waals surface area contributed by atoms with Crippen molar-refractivity contribution < 1.29 is 23.9 Å². The summed E-state index contributed by atoms with van der Waals surface area (Å²) in [4.78, 5) is 36.0. The van der Waals surface area contributed by atoms with Crippen molar-refractivity contribution in [3.05, 3.63) is 82.3 Å². The first-order chi connectivity index (χ1) is 16.8. The molecule has 0 bridgehead atoms. The second-order valence-corrected chi connectivity index (χ2v) is 8.45. The molecule has 0 radical (unpaired) electrons. The predicted octanol–water partition coefficient (Wildman–Crippen LogP) is 6.38. The maximum atomic E-state index is 12.1. The molecule has 3 rings (SSSR count). The second-order valence-electron chi connectivity index (χ2n) is 7.60. The SMILES string of the molecule is Cc1c(Cl)cccc1NC(=O)COC(=O)CCCC(=O)Nc1ccc(Oc2ccc(Cl)cc2)cc1. The van der Waals surface area contributed by atoms with Crippen LogP contribution in [-0.2, 0) is 19.1 Å². The Morgan fingerprint density at radius 1 is 0.800 bits per heavy atom. The number of anilines is 2. The molecule has 0 aliphatic carbocycles. The van der Waals surface area contributed by atoms with E-state index in [-0.39, 0.29) is 25.2 Å². The first-order valence-corrected chi connectivity index (χ1v) is 11.6. The minimum Gasteiger partial charge on any atom is -0.457 e. The standard InChI is InChI=1S/C26H24Cl2N2O5/c1-17-22(28)4-2-5-23(17)30-25(32)16-34-26(33)7-3-6-24(31)29-19-10-14-21(15-11-19)35-20-12-8-18(27)9-13-20/h2,4-5,8-15H,3,6-7,16H2,1H3,(H,29,31)(H,30,32). The average molecular weight is 515 g/mol. The van der Waals surface area contributed by atoms with Crippen LogP contribution in [0.3, 0.4) is 0 Å². The maximum absolute atomic E-state index is 12.1. The fraction of sp³-hybridized carbons (Fsp3) is 0.192. The van der Waals surface area contributed by atoms with Crippen LogP contribution in [0, 0.1) is 6.92 Å². The summed E-state index contributed by atoms with van der Waals surface area (Å²) in [6.45, 7) is 1.36. The monoisotopic (exact) mass is 514 g/mol. The number of amides is 2. The molecule has 0 heterocycles. The number of esters is 1. The lowest BCUT2D eigenvalue weighted by atomic mass is 10.2. The first kappa shape index (κ1) is 26.1. The van der Waals surface area contributed by atoms with Gasteiger partial charge in [-0.1, -0.05) is 29.3 Å². The Morgan fingerprint density at radius 2 is 1.46 bits per heavy atom. The van der Waals surface area contributed by atoms with Crippen molar-refractivity contribution in [2.45, 2.75) is 26.2 Å². The highest BCUT2D eigenvalue weighted by Gasteiger charge is 2.11. The Hall–Kier alpha value is -3.55. The number of rotatable bonds is 10. The summed E-state index contributed by atoms with van der Waals surface area (Å²) in [6.07, 6.45) is 0.439. The van der Waals surface area contributed by atoms with Gasteiger partial charge in [0.1, 0.15) is 11.5 Å². The van der Waals surface area contributed by atoms with Crippen LogP contribution in [0.1, 0.15) is 24.8 Å². The number of carbonyl (C=O) groups is 3. The van der Waals surface area contributed by atoms with E-state index >= 15 is 0 Å². The summed E-state index contributed by atoms with van der Waals surface area (Å²) in [5, 5.41) is 6.56. The third-order valence-corrected chi connectivity index (χ3v) is 5.54. The van der Waals surface area contributed by atoms with Gasteiger partial charge in [-0.3, -0.25) is 14.4 Å². The Balaban J connectivity index is 1.33. The minimum absolute atomic E-state index is 0.0186. The minimum atomic E-state index is -0.556. The van der Waals surface area contributed by atoms with Crippen LogP contribution in [0.15, 0.2) is 66.7 Å². The van der Waals surface area contributed by atoms with Crippen molar-refractivity contribution in [2.24, 2.45) is 0 Å². The highest BCUT2D eigenvalue weighted by atomic mass is 35.5. The van der Waals surface area contributed by atoms with E-state index in [0.717, 1.165) is 5.56 Å². The summed E-state index contributed by atoms with van der Waals surface area (Å²) < 4.78 is 10.7. The largest absolute Gasteiger partial charge is 0.457 e. The zero-order chi connectivity index (χ0) is 25.2. The summed E-state index contributed by atoms with van der Waals surface area (Å²) >= 11 is 11.9. The highest BCUT2D eigenvalue weighted by Crippen LogP contribution is 2.25. The van der Waals surface area contributed by atoms with Crippen molar-refractivity contribution in [2.75, 3.05) is 17.2 Å². The highest BCUT2D eigenvalue weighted by molar-refractivity contribution is 6.31. The van der Waals surface area contributed by atoms with Crippen LogP contribution in [0.2, 0.25) is 10.0 Å². The number of hydrogen-bond acceptors (Lipinski definition) is 5. The van der Waals surface area contributed by atoms with Crippen molar-refractivity contribution in [1.29, 1.82) is 0 Å². The number of halogens is 2. The van der Waals surface area contributed by atoms with Crippen LogP contribution in [0.5, 0.6) is 11.5 Å². The van der Waals surface area contributed by atoms with E-state index in [1.165, 1.54) is 0 Å². The Kier molecular flexibility index (Phi) is 9.52. The molecule has 0 atom stereocenters. The molecular weight excluding hydrogens is 491 g/mol. The molecule has 182 valence electrons. The van der Waals surface area contributed by atoms with Crippen molar-refractivity contribution in [3.8, 4) is 11.5 Å². The summed E-state index contributed by atoms with van der Waals surface area (Å²) in [6, 6.07) is 19.0. The molecular formula is C26H24Cl2N2O5. The van der Waals surface area contributed by atoms with E-state index in [1.807, 2.05) is 0 Å². The van der Waals surface area contributed by atoms with Crippen molar-refractivity contribution in [3.63, 3.8) is 0 Å². The molecule has 9 heteroatoms. The van der Waals surface area contributed by atoms with E-state index in [4.69, 9.17) is 32.7 Å². The number of nitrogens with one attached hydrogen (secondary N) is 2. The number of carbonyl (C=O) groups excluding carboxylic acids is 3. The van der Waals surface area contributed by atoms with Gasteiger partial charge in [-0.15, -0.1) is 0 Å². The zero-order valence-corrected chi connectivity index (χ0v) is 20.5. The van der Waals surface area contributed by atoms with Gasteiger partial charge in [0.05, 0.1) is 0 Å². The van der Waals surface area contributed by atoms with Crippen LogP contribution in [0.4, 0.5) is 11.4 Å².